The van der Waals surface area contributed by atoms with Crippen LogP contribution in [0.5, 0.6) is 0 Å². The second-order valence-corrected chi connectivity index (χ2v) is 6.12. The minimum Gasteiger partial charge on any atom is -0.377 e. The van der Waals surface area contributed by atoms with E-state index < -0.39 is 0 Å². The van der Waals surface area contributed by atoms with Crippen LogP contribution in [-0.2, 0) is 9.53 Å². The molecule has 1 aliphatic heterocycles. The molecule has 0 aromatic rings. The predicted octanol–water partition coefficient (Wildman–Crippen LogP) is 3.61. The highest BCUT2D eigenvalue weighted by atomic mass is 79.9. The number of piperidine rings is 1. The van der Waals surface area contributed by atoms with Crippen LogP contribution >= 0.6 is 15.9 Å². The van der Waals surface area contributed by atoms with E-state index in [4.69, 9.17) is 4.74 Å². The standard InChI is InChI=1S/C15H28BrNO2/c1-3-5-6-13(4-2)15(18)17-10-7-14(8-11-17)19-12-9-16/h13-14H,3-12H2,1-2H3. The van der Waals surface area contributed by atoms with Gasteiger partial charge in [-0.2, -0.15) is 0 Å². The third-order valence-electron chi connectivity index (χ3n) is 3.93. The number of amides is 1. The van der Waals surface area contributed by atoms with Gasteiger partial charge in [-0.25, -0.2) is 0 Å². The van der Waals surface area contributed by atoms with Gasteiger partial charge in [-0.1, -0.05) is 42.6 Å². The first-order valence-corrected chi connectivity index (χ1v) is 8.81. The van der Waals surface area contributed by atoms with Crippen molar-refractivity contribution < 1.29 is 9.53 Å². The molecular weight excluding hydrogens is 306 g/mol. The molecule has 0 aliphatic carbocycles. The molecule has 0 aromatic carbocycles. The molecular formula is C15H28BrNO2. The third-order valence-corrected chi connectivity index (χ3v) is 4.26. The van der Waals surface area contributed by atoms with E-state index in [1.54, 1.807) is 0 Å². The van der Waals surface area contributed by atoms with Crippen molar-refractivity contribution in [2.24, 2.45) is 5.92 Å². The Morgan fingerprint density at radius 1 is 1.37 bits per heavy atom. The van der Waals surface area contributed by atoms with Crippen molar-refractivity contribution in [1.29, 1.82) is 0 Å². The number of alkyl halides is 1. The zero-order chi connectivity index (χ0) is 14.1. The van der Waals surface area contributed by atoms with E-state index in [0.29, 0.717) is 12.0 Å². The number of likely N-dealkylation sites (tertiary alicyclic amines) is 1. The van der Waals surface area contributed by atoms with Crippen LogP contribution in [0.4, 0.5) is 0 Å². The summed E-state index contributed by atoms with van der Waals surface area (Å²) in [5.41, 5.74) is 0. The van der Waals surface area contributed by atoms with E-state index in [9.17, 15) is 4.79 Å². The smallest absolute Gasteiger partial charge is 0.225 e. The van der Waals surface area contributed by atoms with Crippen LogP contribution in [0.3, 0.4) is 0 Å². The van der Waals surface area contributed by atoms with Gasteiger partial charge < -0.3 is 9.64 Å². The molecule has 0 bridgehead atoms. The molecule has 1 heterocycles. The summed E-state index contributed by atoms with van der Waals surface area (Å²) in [7, 11) is 0. The lowest BCUT2D eigenvalue weighted by molar-refractivity contribution is -0.138. The second-order valence-electron chi connectivity index (χ2n) is 5.33. The van der Waals surface area contributed by atoms with Gasteiger partial charge >= 0.3 is 0 Å². The summed E-state index contributed by atoms with van der Waals surface area (Å²) in [6.45, 7) is 6.82. The first-order valence-electron chi connectivity index (χ1n) is 7.69. The van der Waals surface area contributed by atoms with Gasteiger partial charge in [0.1, 0.15) is 0 Å². The summed E-state index contributed by atoms with van der Waals surface area (Å²) >= 11 is 3.37. The van der Waals surface area contributed by atoms with Crippen LogP contribution in [-0.4, -0.2) is 41.9 Å². The molecule has 1 rings (SSSR count). The molecule has 1 atom stereocenters. The zero-order valence-corrected chi connectivity index (χ0v) is 14.0. The minimum atomic E-state index is 0.236. The van der Waals surface area contributed by atoms with Crippen molar-refractivity contribution in [2.45, 2.75) is 58.5 Å². The molecule has 1 amide bonds. The third kappa shape index (κ3) is 5.82. The highest BCUT2D eigenvalue weighted by Crippen LogP contribution is 2.20. The maximum atomic E-state index is 12.4. The molecule has 3 nitrogen and oxygen atoms in total. The second kappa shape index (κ2) is 9.76. The summed E-state index contributed by atoms with van der Waals surface area (Å²) in [5.74, 6) is 0.606. The number of unbranched alkanes of at least 4 members (excludes halogenated alkanes) is 1. The van der Waals surface area contributed by atoms with E-state index >= 15 is 0 Å². The normalized spacial score (nSPS) is 18.6. The van der Waals surface area contributed by atoms with Crippen LogP contribution in [0.15, 0.2) is 0 Å². The molecule has 1 aliphatic rings. The molecule has 0 spiro atoms. The van der Waals surface area contributed by atoms with Gasteiger partial charge in [0.05, 0.1) is 12.7 Å². The van der Waals surface area contributed by atoms with Crippen molar-refractivity contribution in [3.05, 3.63) is 0 Å². The fourth-order valence-corrected chi connectivity index (χ4v) is 2.85. The number of hydrogen-bond acceptors (Lipinski definition) is 2. The number of halogens is 1. The molecule has 1 saturated heterocycles. The monoisotopic (exact) mass is 333 g/mol. The molecule has 19 heavy (non-hydrogen) atoms. The Kier molecular flexibility index (Phi) is 8.71. The average molecular weight is 334 g/mol. The first kappa shape index (κ1) is 17.0. The molecule has 4 heteroatoms. The summed E-state index contributed by atoms with van der Waals surface area (Å²) in [6, 6.07) is 0. The summed E-state index contributed by atoms with van der Waals surface area (Å²) in [4.78, 5) is 14.5. The fraction of sp³-hybridized carbons (Fsp3) is 0.933. The van der Waals surface area contributed by atoms with Gasteiger partial charge in [-0.3, -0.25) is 4.79 Å². The molecule has 1 unspecified atom stereocenters. The Morgan fingerprint density at radius 2 is 2.05 bits per heavy atom. The Labute approximate surface area is 126 Å². The number of hydrogen-bond donors (Lipinski definition) is 0. The molecule has 0 saturated carbocycles. The van der Waals surface area contributed by atoms with Crippen molar-refractivity contribution >= 4 is 21.8 Å². The highest BCUT2D eigenvalue weighted by molar-refractivity contribution is 9.09. The Morgan fingerprint density at radius 3 is 2.58 bits per heavy atom. The van der Waals surface area contributed by atoms with E-state index in [1.807, 2.05) is 0 Å². The zero-order valence-electron chi connectivity index (χ0n) is 12.4. The highest BCUT2D eigenvalue weighted by Gasteiger charge is 2.27. The Balaban J connectivity index is 2.34. The molecule has 112 valence electrons. The number of carbonyl (C=O) groups excluding carboxylic acids is 1. The lowest BCUT2D eigenvalue weighted by Gasteiger charge is -2.34. The van der Waals surface area contributed by atoms with Gasteiger partial charge in [0.2, 0.25) is 5.91 Å². The molecule has 0 aromatic heterocycles. The quantitative estimate of drug-likeness (QED) is 0.635. The van der Waals surface area contributed by atoms with E-state index in [0.717, 1.165) is 57.1 Å². The number of carbonyl (C=O) groups is 1. The SMILES string of the molecule is CCCCC(CC)C(=O)N1CCC(OCCBr)CC1. The van der Waals surface area contributed by atoms with Gasteiger partial charge in [-0.15, -0.1) is 0 Å². The molecule has 1 fully saturated rings. The average Bonchev–Trinajstić information content (AvgIpc) is 2.46. The Hall–Kier alpha value is -0.0900. The van der Waals surface area contributed by atoms with E-state index in [1.165, 1.54) is 6.42 Å². The predicted molar refractivity (Wildman–Crippen MR) is 82.7 cm³/mol. The first-order chi connectivity index (χ1) is 9.22. The van der Waals surface area contributed by atoms with Gasteiger partial charge in [-0.05, 0) is 25.7 Å². The van der Waals surface area contributed by atoms with Crippen molar-refractivity contribution in [1.82, 2.24) is 4.90 Å². The van der Waals surface area contributed by atoms with E-state index in [-0.39, 0.29) is 5.92 Å². The maximum Gasteiger partial charge on any atom is 0.225 e. The van der Waals surface area contributed by atoms with Gasteiger partial charge in [0, 0.05) is 24.3 Å². The maximum absolute atomic E-state index is 12.4. The largest absolute Gasteiger partial charge is 0.377 e. The minimum absolute atomic E-state index is 0.236. The van der Waals surface area contributed by atoms with Crippen LogP contribution in [0.25, 0.3) is 0 Å². The summed E-state index contributed by atoms with van der Waals surface area (Å²) in [5, 5.41) is 0.890. The van der Waals surface area contributed by atoms with Gasteiger partial charge in [0.25, 0.3) is 0 Å². The van der Waals surface area contributed by atoms with Crippen LogP contribution in [0, 0.1) is 5.92 Å². The van der Waals surface area contributed by atoms with E-state index in [2.05, 4.69) is 34.7 Å². The van der Waals surface area contributed by atoms with Crippen LogP contribution < -0.4 is 0 Å². The van der Waals surface area contributed by atoms with Crippen molar-refractivity contribution in [2.75, 3.05) is 25.0 Å². The lowest BCUT2D eigenvalue weighted by atomic mass is 9.96. The number of ether oxygens (including phenoxy) is 1. The van der Waals surface area contributed by atoms with Crippen LogP contribution in [0.2, 0.25) is 0 Å². The topological polar surface area (TPSA) is 29.5 Å². The Bertz CT molecular complexity index is 253. The van der Waals surface area contributed by atoms with Gasteiger partial charge in [0.15, 0.2) is 0 Å². The molecule has 0 N–H and O–H groups in total. The van der Waals surface area contributed by atoms with Crippen molar-refractivity contribution in [3.63, 3.8) is 0 Å². The molecule has 0 radical (unpaired) electrons. The summed E-state index contributed by atoms with van der Waals surface area (Å²) in [6.07, 6.45) is 6.68. The summed E-state index contributed by atoms with van der Waals surface area (Å²) < 4.78 is 5.73. The fourth-order valence-electron chi connectivity index (χ4n) is 2.67. The lowest BCUT2D eigenvalue weighted by Crippen LogP contribution is -2.43. The number of rotatable bonds is 8. The number of nitrogens with zero attached hydrogens (tertiary/aromatic N) is 1. The van der Waals surface area contributed by atoms with Crippen molar-refractivity contribution in [3.8, 4) is 0 Å². The van der Waals surface area contributed by atoms with Crippen LogP contribution in [0.1, 0.15) is 52.4 Å².